The third-order valence-corrected chi connectivity index (χ3v) is 1.42. The fourth-order valence-corrected chi connectivity index (χ4v) is 0.898. The second-order valence-corrected chi connectivity index (χ2v) is 2.45. The zero-order valence-corrected chi connectivity index (χ0v) is 6.77. The van der Waals surface area contributed by atoms with Gasteiger partial charge in [-0.15, -0.1) is 13.2 Å². The van der Waals surface area contributed by atoms with Gasteiger partial charge in [0, 0.05) is 0 Å². The maximum absolute atomic E-state index is 11.7. The molecule has 0 atom stereocenters. The van der Waals surface area contributed by atoms with Gasteiger partial charge in [-0.25, -0.2) is 0 Å². The van der Waals surface area contributed by atoms with Crippen LogP contribution in [0.15, 0.2) is 24.3 Å². The molecule has 13 heavy (non-hydrogen) atoms. The summed E-state index contributed by atoms with van der Waals surface area (Å²) in [5.74, 6) is -0.200. The number of hydrogen-bond acceptors (Lipinski definition) is 1. The molecule has 4 heteroatoms. The van der Waals surface area contributed by atoms with Gasteiger partial charge in [0.2, 0.25) is 0 Å². The van der Waals surface area contributed by atoms with Crippen LogP contribution in [0.3, 0.4) is 0 Å². The highest BCUT2D eigenvalue weighted by molar-refractivity contribution is 5.28. The molecule has 0 aliphatic heterocycles. The lowest BCUT2D eigenvalue weighted by atomic mass is 10.2. The van der Waals surface area contributed by atoms with Crippen molar-refractivity contribution in [2.45, 2.75) is 12.8 Å². The predicted octanol–water partition coefficient (Wildman–Crippen LogP) is 2.96. The van der Waals surface area contributed by atoms with E-state index in [1.807, 2.05) is 0 Å². The summed E-state index contributed by atoms with van der Waals surface area (Å²) in [5, 5.41) is 0. The van der Waals surface area contributed by atoms with Crippen LogP contribution in [0.25, 0.3) is 0 Å². The van der Waals surface area contributed by atoms with E-state index < -0.39 is 6.36 Å². The van der Waals surface area contributed by atoms with Crippen molar-refractivity contribution >= 4 is 0 Å². The van der Waals surface area contributed by atoms with Gasteiger partial charge >= 0.3 is 6.36 Å². The molecule has 0 N–H and O–H groups in total. The predicted molar refractivity (Wildman–Crippen MR) is 42.2 cm³/mol. The summed E-state index contributed by atoms with van der Waals surface area (Å²) >= 11 is 0. The van der Waals surface area contributed by atoms with Crippen molar-refractivity contribution < 1.29 is 17.9 Å². The Kier molecular flexibility index (Phi) is 2.80. The van der Waals surface area contributed by atoms with Gasteiger partial charge in [0.15, 0.2) is 0 Å². The van der Waals surface area contributed by atoms with Crippen molar-refractivity contribution in [1.82, 2.24) is 0 Å². The molecule has 0 spiro atoms. The molecule has 0 aliphatic carbocycles. The lowest BCUT2D eigenvalue weighted by Gasteiger charge is -2.09. The van der Waals surface area contributed by atoms with Crippen molar-refractivity contribution in [2.75, 3.05) is 0 Å². The Bertz CT molecular complexity index is 280. The minimum Gasteiger partial charge on any atom is -0.406 e. The Hall–Kier alpha value is -1.19. The van der Waals surface area contributed by atoms with Gasteiger partial charge in [-0.1, -0.05) is 12.1 Å². The van der Waals surface area contributed by atoms with Crippen LogP contribution in [0.1, 0.15) is 5.56 Å². The largest absolute Gasteiger partial charge is 0.573 e. The van der Waals surface area contributed by atoms with E-state index in [2.05, 4.69) is 11.7 Å². The highest BCUT2D eigenvalue weighted by Crippen LogP contribution is 2.23. The number of halogens is 3. The molecular formula is C9H8F3O. The Morgan fingerprint density at radius 2 is 2.00 bits per heavy atom. The molecule has 0 aliphatic rings. The Morgan fingerprint density at radius 1 is 1.31 bits per heavy atom. The molecule has 0 bridgehead atoms. The Balaban J connectivity index is 2.78. The van der Waals surface area contributed by atoms with Crippen LogP contribution >= 0.6 is 0 Å². The smallest absolute Gasteiger partial charge is 0.406 e. The third kappa shape index (κ3) is 3.36. The summed E-state index contributed by atoms with van der Waals surface area (Å²) < 4.78 is 38.9. The molecule has 1 radical (unpaired) electrons. The van der Waals surface area contributed by atoms with Crippen LogP contribution in [-0.2, 0) is 6.42 Å². The van der Waals surface area contributed by atoms with Gasteiger partial charge in [0.1, 0.15) is 5.75 Å². The van der Waals surface area contributed by atoms with Gasteiger partial charge in [0.25, 0.3) is 0 Å². The van der Waals surface area contributed by atoms with Crippen molar-refractivity contribution in [3.05, 3.63) is 36.8 Å². The zero-order chi connectivity index (χ0) is 9.90. The molecule has 1 aromatic carbocycles. The van der Waals surface area contributed by atoms with E-state index in [0.717, 1.165) is 0 Å². The summed E-state index contributed by atoms with van der Waals surface area (Å²) in [4.78, 5) is 0. The first-order valence-electron chi connectivity index (χ1n) is 3.65. The standard InChI is InChI=1S/C9H8F3O/c1-2-7-4-3-5-8(6-7)13-9(10,11)12/h3-6H,1-2H2. The topological polar surface area (TPSA) is 9.23 Å². The molecule has 0 unspecified atom stereocenters. The second kappa shape index (κ2) is 3.68. The number of ether oxygens (including phenoxy) is 1. The van der Waals surface area contributed by atoms with E-state index >= 15 is 0 Å². The quantitative estimate of drug-likeness (QED) is 0.694. The Labute approximate surface area is 74.1 Å². The molecule has 1 rings (SSSR count). The van der Waals surface area contributed by atoms with Gasteiger partial charge in [0.05, 0.1) is 0 Å². The first-order valence-corrected chi connectivity index (χ1v) is 3.65. The fraction of sp³-hybridized carbons (Fsp3) is 0.222. The summed E-state index contributed by atoms with van der Waals surface area (Å²) in [5.41, 5.74) is 0.710. The van der Waals surface area contributed by atoms with Crippen LogP contribution in [0.2, 0.25) is 0 Å². The molecule has 71 valence electrons. The average Bonchev–Trinajstić information content (AvgIpc) is 2.01. The highest BCUT2D eigenvalue weighted by Gasteiger charge is 2.30. The van der Waals surface area contributed by atoms with Gasteiger partial charge in [-0.05, 0) is 31.0 Å². The molecule has 0 amide bonds. The van der Waals surface area contributed by atoms with Crippen molar-refractivity contribution in [3.8, 4) is 5.75 Å². The lowest BCUT2D eigenvalue weighted by Crippen LogP contribution is -2.17. The number of hydrogen-bond donors (Lipinski definition) is 0. The van der Waals surface area contributed by atoms with Gasteiger partial charge < -0.3 is 4.74 Å². The minimum atomic E-state index is -4.63. The summed E-state index contributed by atoms with van der Waals surface area (Å²) in [6.07, 6.45) is -4.19. The number of rotatable bonds is 2. The lowest BCUT2D eigenvalue weighted by molar-refractivity contribution is -0.274. The average molecular weight is 189 g/mol. The first-order chi connectivity index (χ1) is 6.01. The van der Waals surface area contributed by atoms with Crippen LogP contribution in [0, 0.1) is 6.92 Å². The molecule has 0 saturated carbocycles. The molecule has 0 heterocycles. The SMILES string of the molecule is [CH2]Cc1cccc(OC(F)(F)F)c1. The summed E-state index contributed by atoms with van der Waals surface area (Å²) in [6.45, 7) is 3.56. The molecular weight excluding hydrogens is 181 g/mol. The third-order valence-electron chi connectivity index (χ3n) is 1.42. The van der Waals surface area contributed by atoms with Crippen molar-refractivity contribution in [3.63, 3.8) is 0 Å². The van der Waals surface area contributed by atoms with Crippen LogP contribution < -0.4 is 4.74 Å². The second-order valence-electron chi connectivity index (χ2n) is 2.45. The molecule has 1 nitrogen and oxygen atoms in total. The van der Waals surface area contributed by atoms with E-state index in [9.17, 15) is 13.2 Å². The fourth-order valence-electron chi connectivity index (χ4n) is 0.898. The highest BCUT2D eigenvalue weighted by atomic mass is 19.4. The molecule has 0 aromatic heterocycles. The molecule has 0 saturated heterocycles. The monoisotopic (exact) mass is 189 g/mol. The minimum absolute atomic E-state index is 0.200. The first kappa shape index (κ1) is 9.89. The van der Waals surface area contributed by atoms with Gasteiger partial charge in [-0.3, -0.25) is 0 Å². The number of alkyl halides is 3. The van der Waals surface area contributed by atoms with E-state index in [0.29, 0.717) is 12.0 Å². The van der Waals surface area contributed by atoms with E-state index in [-0.39, 0.29) is 5.75 Å². The van der Waals surface area contributed by atoms with Crippen LogP contribution in [-0.4, -0.2) is 6.36 Å². The van der Waals surface area contributed by atoms with E-state index in [1.54, 1.807) is 6.07 Å². The maximum atomic E-state index is 11.7. The van der Waals surface area contributed by atoms with Crippen LogP contribution in [0.4, 0.5) is 13.2 Å². The van der Waals surface area contributed by atoms with E-state index in [4.69, 9.17) is 0 Å². The van der Waals surface area contributed by atoms with Crippen molar-refractivity contribution in [1.29, 1.82) is 0 Å². The molecule has 0 fully saturated rings. The normalized spacial score (nSPS) is 11.4. The number of benzene rings is 1. The Morgan fingerprint density at radius 3 is 2.54 bits per heavy atom. The summed E-state index contributed by atoms with van der Waals surface area (Å²) in [7, 11) is 0. The summed E-state index contributed by atoms with van der Waals surface area (Å²) in [6, 6.07) is 5.77. The maximum Gasteiger partial charge on any atom is 0.573 e. The van der Waals surface area contributed by atoms with Crippen molar-refractivity contribution in [2.24, 2.45) is 0 Å². The molecule has 1 aromatic rings. The zero-order valence-electron chi connectivity index (χ0n) is 6.77. The van der Waals surface area contributed by atoms with Crippen LogP contribution in [0.5, 0.6) is 5.75 Å². The van der Waals surface area contributed by atoms with Gasteiger partial charge in [-0.2, -0.15) is 0 Å². The van der Waals surface area contributed by atoms with E-state index in [1.165, 1.54) is 18.2 Å².